The highest BCUT2D eigenvalue weighted by molar-refractivity contribution is 5.90. The minimum absolute atomic E-state index is 0.0212. The number of esters is 1. The van der Waals surface area contributed by atoms with Gasteiger partial charge in [-0.2, -0.15) is 0 Å². The van der Waals surface area contributed by atoms with E-state index in [1.807, 2.05) is 6.92 Å². The summed E-state index contributed by atoms with van der Waals surface area (Å²) in [6, 6.07) is 3.20. The molecule has 0 radical (unpaired) electrons. The Labute approximate surface area is 113 Å². The minimum atomic E-state index is -0.418. The van der Waals surface area contributed by atoms with Crippen LogP contribution >= 0.6 is 0 Å². The maximum atomic E-state index is 11.7. The molecule has 104 valence electrons. The van der Waals surface area contributed by atoms with E-state index in [1.54, 1.807) is 31.1 Å². The Hall–Kier alpha value is -2.11. The first-order valence-corrected chi connectivity index (χ1v) is 5.99. The van der Waals surface area contributed by atoms with Gasteiger partial charge in [0.1, 0.15) is 5.82 Å². The maximum absolute atomic E-state index is 11.7. The molecule has 0 aliphatic heterocycles. The number of anilines is 1. The van der Waals surface area contributed by atoms with E-state index >= 15 is 0 Å². The molecule has 1 aromatic heterocycles. The van der Waals surface area contributed by atoms with E-state index in [0.717, 1.165) is 0 Å². The molecule has 0 saturated heterocycles. The summed E-state index contributed by atoms with van der Waals surface area (Å²) in [4.78, 5) is 30.7. The molecule has 0 fully saturated rings. The number of amides is 1. The number of rotatable bonds is 5. The molecule has 0 spiro atoms. The van der Waals surface area contributed by atoms with Gasteiger partial charge in [0.15, 0.2) is 0 Å². The lowest BCUT2D eigenvalue weighted by molar-refractivity contribution is -0.127. The summed E-state index contributed by atoms with van der Waals surface area (Å²) in [5.41, 5.74) is 0.420. The van der Waals surface area contributed by atoms with Gasteiger partial charge in [0.05, 0.1) is 19.2 Å². The highest BCUT2D eigenvalue weighted by Crippen LogP contribution is 2.13. The number of ether oxygens (including phenoxy) is 1. The third kappa shape index (κ3) is 3.94. The number of methoxy groups -OCH3 is 1. The van der Waals surface area contributed by atoms with Crippen molar-refractivity contribution in [3.8, 4) is 0 Å². The SMILES string of the molecule is CCN(CC(=O)N(C)C)c1cc(C(=O)OC)ccn1. The number of pyridine rings is 1. The van der Waals surface area contributed by atoms with Crippen LogP contribution in [0.2, 0.25) is 0 Å². The van der Waals surface area contributed by atoms with Gasteiger partial charge in [-0.1, -0.05) is 0 Å². The molecule has 1 rings (SSSR count). The summed E-state index contributed by atoms with van der Waals surface area (Å²) < 4.78 is 4.66. The lowest BCUT2D eigenvalue weighted by atomic mass is 10.2. The van der Waals surface area contributed by atoms with Crippen LogP contribution in [0.5, 0.6) is 0 Å². The van der Waals surface area contributed by atoms with E-state index in [4.69, 9.17) is 0 Å². The van der Waals surface area contributed by atoms with Crippen molar-refractivity contribution in [1.82, 2.24) is 9.88 Å². The Balaban J connectivity index is 2.92. The molecule has 0 N–H and O–H groups in total. The largest absolute Gasteiger partial charge is 0.465 e. The van der Waals surface area contributed by atoms with Crippen molar-refractivity contribution in [3.05, 3.63) is 23.9 Å². The van der Waals surface area contributed by atoms with Gasteiger partial charge in [-0.3, -0.25) is 4.79 Å². The fourth-order valence-corrected chi connectivity index (χ4v) is 1.50. The Morgan fingerprint density at radius 3 is 2.58 bits per heavy atom. The molecule has 1 heterocycles. The average Bonchev–Trinajstić information content (AvgIpc) is 2.43. The fourth-order valence-electron chi connectivity index (χ4n) is 1.50. The fraction of sp³-hybridized carbons (Fsp3) is 0.462. The summed E-state index contributed by atoms with van der Waals surface area (Å²) >= 11 is 0. The highest BCUT2D eigenvalue weighted by Gasteiger charge is 2.14. The number of likely N-dealkylation sites (N-methyl/N-ethyl adjacent to an activating group) is 2. The molecule has 6 nitrogen and oxygen atoms in total. The van der Waals surface area contributed by atoms with Gasteiger partial charge < -0.3 is 14.5 Å². The lowest BCUT2D eigenvalue weighted by Gasteiger charge is -2.23. The van der Waals surface area contributed by atoms with Gasteiger partial charge in [-0.25, -0.2) is 9.78 Å². The molecule has 0 bridgehead atoms. The van der Waals surface area contributed by atoms with Gasteiger partial charge in [-0.05, 0) is 19.1 Å². The van der Waals surface area contributed by atoms with E-state index < -0.39 is 5.97 Å². The Morgan fingerprint density at radius 1 is 1.37 bits per heavy atom. The highest BCUT2D eigenvalue weighted by atomic mass is 16.5. The molecule has 1 aromatic rings. The van der Waals surface area contributed by atoms with Gasteiger partial charge in [0.25, 0.3) is 0 Å². The third-order valence-electron chi connectivity index (χ3n) is 2.70. The van der Waals surface area contributed by atoms with Gasteiger partial charge in [-0.15, -0.1) is 0 Å². The summed E-state index contributed by atoms with van der Waals surface area (Å²) in [6.45, 7) is 2.77. The third-order valence-corrected chi connectivity index (χ3v) is 2.70. The first-order chi connectivity index (χ1) is 8.99. The molecule has 0 aromatic carbocycles. The quantitative estimate of drug-likeness (QED) is 0.736. The number of nitrogens with zero attached hydrogens (tertiary/aromatic N) is 3. The van der Waals surface area contributed by atoms with E-state index in [-0.39, 0.29) is 12.5 Å². The molecular weight excluding hydrogens is 246 g/mol. The summed E-state index contributed by atoms with van der Waals surface area (Å²) in [6.07, 6.45) is 1.53. The molecule has 19 heavy (non-hydrogen) atoms. The smallest absolute Gasteiger partial charge is 0.338 e. The average molecular weight is 265 g/mol. The second-order valence-electron chi connectivity index (χ2n) is 4.20. The van der Waals surface area contributed by atoms with Crippen LogP contribution in [0.4, 0.5) is 5.82 Å². The molecular formula is C13H19N3O3. The topological polar surface area (TPSA) is 62.7 Å². The predicted octanol–water partition coefficient (Wildman–Crippen LogP) is 0.783. The Kier molecular flexibility index (Phi) is 5.29. The Morgan fingerprint density at radius 2 is 2.05 bits per heavy atom. The molecule has 0 saturated carbocycles. The summed E-state index contributed by atoms with van der Waals surface area (Å²) in [7, 11) is 4.73. The number of hydrogen-bond acceptors (Lipinski definition) is 5. The van der Waals surface area contributed by atoms with Crippen molar-refractivity contribution in [3.63, 3.8) is 0 Å². The zero-order valence-corrected chi connectivity index (χ0v) is 11.7. The number of aromatic nitrogens is 1. The van der Waals surface area contributed by atoms with Gasteiger partial charge in [0.2, 0.25) is 5.91 Å². The number of hydrogen-bond donors (Lipinski definition) is 0. The van der Waals surface area contributed by atoms with E-state index in [2.05, 4.69) is 9.72 Å². The lowest BCUT2D eigenvalue weighted by Crippen LogP contribution is -2.37. The van der Waals surface area contributed by atoms with E-state index in [0.29, 0.717) is 17.9 Å². The molecule has 6 heteroatoms. The summed E-state index contributed by atoms with van der Waals surface area (Å²) in [5.74, 6) is 0.145. The second kappa shape index (κ2) is 6.72. The van der Waals surface area contributed by atoms with Crippen LogP contribution in [0.1, 0.15) is 17.3 Å². The van der Waals surface area contributed by atoms with Gasteiger partial charge in [0, 0.05) is 26.8 Å². The maximum Gasteiger partial charge on any atom is 0.338 e. The minimum Gasteiger partial charge on any atom is -0.465 e. The molecule has 0 aliphatic rings. The van der Waals surface area contributed by atoms with Crippen molar-refractivity contribution in [2.24, 2.45) is 0 Å². The van der Waals surface area contributed by atoms with E-state index in [1.165, 1.54) is 18.2 Å². The molecule has 0 atom stereocenters. The van der Waals surface area contributed by atoms with Crippen LogP contribution in [0.3, 0.4) is 0 Å². The van der Waals surface area contributed by atoms with Crippen molar-refractivity contribution in [2.45, 2.75) is 6.92 Å². The first-order valence-electron chi connectivity index (χ1n) is 5.99. The first kappa shape index (κ1) is 14.9. The van der Waals surface area contributed by atoms with Crippen LogP contribution in [-0.4, -0.2) is 56.1 Å². The van der Waals surface area contributed by atoms with Crippen LogP contribution in [0.25, 0.3) is 0 Å². The second-order valence-corrected chi connectivity index (χ2v) is 4.20. The van der Waals surface area contributed by atoms with Crippen molar-refractivity contribution >= 4 is 17.7 Å². The van der Waals surface area contributed by atoms with Crippen LogP contribution in [0.15, 0.2) is 18.3 Å². The van der Waals surface area contributed by atoms with Gasteiger partial charge >= 0.3 is 5.97 Å². The monoisotopic (exact) mass is 265 g/mol. The van der Waals surface area contributed by atoms with Crippen LogP contribution in [0, 0.1) is 0 Å². The predicted molar refractivity (Wildman–Crippen MR) is 72.2 cm³/mol. The number of carbonyl (C=O) groups is 2. The number of carbonyl (C=O) groups excluding carboxylic acids is 2. The van der Waals surface area contributed by atoms with Crippen LogP contribution < -0.4 is 4.90 Å². The summed E-state index contributed by atoms with van der Waals surface area (Å²) in [5, 5.41) is 0. The molecule has 0 aliphatic carbocycles. The molecule has 0 unspecified atom stereocenters. The zero-order valence-electron chi connectivity index (χ0n) is 11.7. The molecule has 1 amide bonds. The zero-order chi connectivity index (χ0) is 14.4. The standard InChI is InChI=1S/C13H19N3O3/c1-5-16(9-12(17)15(2)3)11-8-10(6-7-14-11)13(18)19-4/h6-8H,5,9H2,1-4H3. The van der Waals surface area contributed by atoms with Crippen LogP contribution in [-0.2, 0) is 9.53 Å². The normalized spacial score (nSPS) is 9.89. The van der Waals surface area contributed by atoms with Crippen molar-refractivity contribution < 1.29 is 14.3 Å². The van der Waals surface area contributed by atoms with E-state index in [9.17, 15) is 9.59 Å². The van der Waals surface area contributed by atoms with Crippen molar-refractivity contribution in [2.75, 3.05) is 39.2 Å². The van der Waals surface area contributed by atoms with Crippen molar-refractivity contribution in [1.29, 1.82) is 0 Å². The Bertz CT molecular complexity index is 460.